The zero-order valence-electron chi connectivity index (χ0n) is 17.0. The van der Waals surface area contributed by atoms with Crippen molar-refractivity contribution in [2.75, 3.05) is 6.54 Å². The van der Waals surface area contributed by atoms with Gasteiger partial charge in [-0.25, -0.2) is 0 Å². The molecule has 0 aliphatic rings. The third-order valence-electron chi connectivity index (χ3n) is 5.01. The predicted molar refractivity (Wildman–Crippen MR) is 107 cm³/mol. The van der Waals surface area contributed by atoms with Gasteiger partial charge in [0.25, 0.3) is 0 Å². The summed E-state index contributed by atoms with van der Waals surface area (Å²) < 4.78 is 0. The van der Waals surface area contributed by atoms with Gasteiger partial charge in [0.05, 0.1) is 0 Å². The van der Waals surface area contributed by atoms with Crippen molar-refractivity contribution in [3.8, 4) is 0 Å². The first-order chi connectivity index (χ1) is 11.8. The van der Waals surface area contributed by atoms with E-state index in [0.29, 0.717) is 5.91 Å². The van der Waals surface area contributed by atoms with E-state index in [0.717, 1.165) is 25.8 Å². The lowest BCUT2D eigenvalue weighted by atomic mass is 9.93. The minimum atomic E-state index is 0.263. The lowest BCUT2D eigenvalue weighted by Crippen LogP contribution is -2.31. The van der Waals surface area contributed by atoms with Crippen molar-refractivity contribution in [3.05, 3.63) is 0 Å². The third-order valence-corrected chi connectivity index (χ3v) is 5.01. The number of hydrogen-bond donors (Lipinski definition) is 1. The Morgan fingerprint density at radius 3 is 1.54 bits per heavy atom. The first kappa shape index (κ1) is 23.5. The van der Waals surface area contributed by atoms with E-state index in [-0.39, 0.29) is 5.92 Å². The first-order valence-electron chi connectivity index (χ1n) is 11.0. The summed E-state index contributed by atoms with van der Waals surface area (Å²) in [6.07, 6.45) is 20.1. The zero-order chi connectivity index (χ0) is 17.9. The Morgan fingerprint density at radius 2 is 1.04 bits per heavy atom. The Bertz CT molecular complexity index is 253. The Balaban J connectivity index is 3.92. The van der Waals surface area contributed by atoms with Gasteiger partial charge in [-0.2, -0.15) is 0 Å². The van der Waals surface area contributed by atoms with Gasteiger partial charge in [0.15, 0.2) is 0 Å². The largest absolute Gasteiger partial charge is 0.356 e. The summed E-state index contributed by atoms with van der Waals surface area (Å²) in [7, 11) is 0. The molecule has 0 saturated carbocycles. The Morgan fingerprint density at radius 1 is 0.625 bits per heavy atom. The van der Waals surface area contributed by atoms with Gasteiger partial charge in [0.1, 0.15) is 0 Å². The molecule has 0 saturated heterocycles. The second-order valence-electron chi connectivity index (χ2n) is 7.45. The molecule has 0 aromatic rings. The van der Waals surface area contributed by atoms with E-state index >= 15 is 0 Å². The monoisotopic (exact) mass is 339 g/mol. The van der Waals surface area contributed by atoms with Gasteiger partial charge < -0.3 is 5.32 Å². The molecule has 24 heavy (non-hydrogen) atoms. The fourth-order valence-electron chi connectivity index (χ4n) is 3.30. The summed E-state index contributed by atoms with van der Waals surface area (Å²) in [5.74, 6) is 0.593. The van der Waals surface area contributed by atoms with Crippen molar-refractivity contribution in [2.24, 2.45) is 5.92 Å². The van der Waals surface area contributed by atoms with Gasteiger partial charge in [-0.1, -0.05) is 104 Å². The number of hydrogen-bond acceptors (Lipinski definition) is 1. The number of unbranched alkanes of at least 4 members (excludes halogenated alkanes) is 11. The Hall–Kier alpha value is -0.530. The molecule has 144 valence electrons. The number of amides is 1. The topological polar surface area (TPSA) is 29.1 Å². The van der Waals surface area contributed by atoms with Crippen LogP contribution in [-0.4, -0.2) is 12.5 Å². The molecular formula is C22H45NO. The van der Waals surface area contributed by atoms with E-state index < -0.39 is 0 Å². The molecule has 0 atom stereocenters. The Labute approximate surface area is 152 Å². The van der Waals surface area contributed by atoms with Gasteiger partial charge >= 0.3 is 0 Å². The van der Waals surface area contributed by atoms with Crippen molar-refractivity contribution >= 4 is 5.91 Å². The molecule has 1 amide bonds. The van der Waals surface area contributed by atoms with Crippen LogP contribution in [0.3, 0.4) is 0 Å². The highest BCUT2D eigenvalue weighted by Gasteiger charge is 2.17. The van der Waals surface area contributed by atoms with E-state index in [1.54, 1.807) is 0 Å². The minimum Gasteiger partial charge on any atom is -0.356 e. The molecule has 0 heterocycles. The molecule has 0 aromatic heterocycles. The van der Waals surface area contributed by atoms with Crippen LogP contribution in [0.4, 0.5) is 0 Å². The number of rotatable bonds is 18. The highest BCUT2D eigenvalue weighted by atomic mass is 16.1. The van der Waals surface area contributed by atoms with Crippen molar-refractivity contribution in [1.82, 2.24) is 5.32 Å². The average Bonchev–Trinajstić information content (AvgIpc) is 2.59. The lowest BCUT2D eigenvalue weighted by Gasteiger charge is -2.17. The second-order valence-corrected chi connectivity index (χ2v) is 7.45. The van der Waals surface area contributed by atoms with Crippen LogP contribution in [-0.2, 0) is 4.79 Å². The summed E-state index contributed by atoms with van der Waals surface area (Å²) >= 11 is 0. The zero-order valence-corrected chi connectivity index (χ0v) is 17.0. The van der Waals surface area contributed by atoms with Crippen LogP contribution in [0.25, 0.3) is 0 Å². The van der Waals surface area contributed by atoms with Crippen LogP contribution in [0.15, 0.2) is 0 Å². The smallest absolute Gasteiger partial charge is 0.223 e. The van der Waals surface area contributed by atoms with Crippen LogP contribution >= 0.6 is 0 Å². The third kappa shape index (κ3) is 15.0. The van der Waals surface area contributed by atoms with Crippen LogP contribution < -0.4 is 5.32 Å². The highest BCUT2D eigenvalue weighted by Crippen LogP contribution is 2.19. The fourth-order valence-corrected chi connectivity index (χ4v) is 3.30. The Kier molecular flexibility index (Phi) is 18.4. The molecule has 0 aliphatic heterocycles. The van der Waals surface area contributed by atoms with Crippen LogP contribution in [0.2, 0.25) is 0 Å². The summed E-state index contributed by atoms with van der Waals surface area (Å²) in [6, 6.07) is 0. The van der Waals surface area contributed by atoms with Crippen LogP contribution in [0, 0.1) is 5.92 Å². The second kappa shape index (κ2) is 18.8. The van der Waals surface area contributed by atoms with Gasteiger partial charge in [0, 0.05) is 12.5 Å². The van der Waals surface area contributed by atoms with E-state index in [9.17, 15) is 4.79 Å². The van der Waals surface area contributed by atoms with E-state index in [1.807, 2.05) is 0 Å². The minimum absolute atomic E-state index is 0.263. The van der Waals surface area contributed by atoms with E-state index in [2.05, 4.69) is 26.1 Å². The maximum Gasteiger partial charge on any atom is 0.223 e. The van der Waals surface area contributed by atoms with Gasteiger partial charge in [0.2, 0.25) is 5.91 Å². The SMILES string of the molecule is CCCCCCCCNC(=O)C(CCCCCC)CCCCCC. The van der Waals surface area contributed by atoms with Crippen LogP contribution in [0.5, 0.6) is 0 Å². The molecule has 0 spiro atoms. The van der Waals surface area contributed by atoms with Gasteiger partial charge in [-0.05, 0) is 19.3 Å². The molecule has 0 radical (unpaired) electrons. The number of carbonyl (C=O) groups is 1. The standard InChI is InChI=1S/C22H45NO/c1-4-7-10-13-14-17-20-23-22(24)21(18-15-11-8-5-2)19-16-12-9-6-3/h21H,4-20H2,1-3H3,(H,23,24). The summed E-state index contributed by atoms with van der Waals surface area (Å²) in [5, 5.41) is 3.22. The predicted octanol–water partition coefficient (Wildman–Crippen LogP) is 7.02. The molecule has 0 bridgehead atoms. The molecule has 2 nitrogen and oxygen atoms in total. The summed E-state index contributed by atoms with van der Waals surface area (Å²) in [4.78, 5) is 12.5. The van der Waals surface area contributed by atoms with Crippen molar-refractivity contribution in [1.29, 1.82) is 0 Å². The molecule has 1 N–H and O–H groups in total. The fraction of sp³-hybridized carbons (Fsp3) is 0.955. The molecule has 0 fully saturated rings. The van der Waals surface area contributed by atoms with E-state index in [1.165, 1.54) is 83.5 Å². The summed E-state index contributed by atoms with van der Waals surface area (Å²) in [6.45, 7) is 7.62. The molecule has 2 heteroatoms. The van der Waals surface area contributed by atoms with E-state index in [4.69, 9.17) is 0 Å². The van der Waals surface area contributed by atoms with Gasteiger partial charge in [-0.15, -0.1) is 0 Å². The highest BCUT2D eigenvalue weighted by molar-refractivity contribution is 5.78. The van der Waals surface area contributed by atoms with Crippen molar-refractivity contribution in [2.45, 2.75) is 124 Å². The van der Waals surface area contributed by atoms with Crippen molar-refractivity contribution in [3.63, 3.8) is 0 Å². The molecule has 0 unspecified atom stereocenters. The summed E-state index contributed by atoms with van der Waals surface area (Å²) in [5.41, 5.74) is 0. The normalized spacial score (nSPS) is 11.2. The first-order valence-corrected chi connectivity index (χ1v) is 11.0. The number of nitrogens with one attached hydrogen (secondary N) is 1. The quantitative estimate of drug-likeness (QED) is 0.267. The van der Waals surface area contributed by atoms with Crippen LogP contribution in [0.1, 0.15) is 124 Å². The van der Waals surface area contributed by atoms with Gasteiger partial charge in [-0.3, -0.25) is 4.79 Å². The van der Waals surface area contributed by atoms with Crippen molar-refractivity contribution < 1.29 is 4.79 Å². The maximum absolute atomic E-state index is 12.5. The average molecular weight is 340 g/mol. The lowest BCUT2D eigenvalue weighted by molar-refractivity contribution is -0.125. The number of carbonyl (C=O) groups excluding carboxylic acids is 1. The molecule has 0 aromatic carbocycles. The molecule has 0 aliphatic carbocycles. The molecule has 0 rings (SSSR count). The maximum atomic E-state index is 12.5. The molecular weight excluding hydrogens is 294 g/mol.